The van der Waals surface area contributed by atoms with Crippen molar-refractivity contribution >= 4 is 28.5 Å². The standard InChI is InChI=1S/C36H41FN4O4/c1-23(42)22-39-34(43)32(19-25-13-16-31(37)17-14-25)40(3)36(45)33(20-26-12-15-27-8-5-6-9-29(27)18-26)41(4)35(44)30-11-7-10-28(21-30)24(2)38/h5-18,21,23-24,32-33,42H,19-20,22,38H2,1-4H3,(H,39,43)/t23-,24?,32-,33-/m1/s1. The van der Waals surface area contributed by atoms with Crippen LogP contribution in [0, 0.1) is 5.82 Å². The second-order valence-corrected chi connectivity index (χ2v) is 11.6. The molecule has 4 atom stereocenters. The van der Waals surface area contributed by atoms with Crippen LogP contribution in [0.25, 0.3) is 10.8 Å². The molecule has 1 unspecified atom stereocenters. The van der Waals surface area contributed by atoms with Gasteiger partial charge in [0, 0.05) is 45.1 Å². The lowest BCUT2D eigenvalue weighted by molar-refractivity contribution is -0.142. The summed E-state index contributed by atoms with van der Waals surface area (Å²) in [6.45, 7) is 3.37. The summed E-state index contributed by atoms with van der Waals surface area (Å²) in [5, 5.41) is 14.5. The molecule has 0 radical (unpaired) electrons. The lowest BCUT2D eigenvalue weighted by atomic mass is 9.97. The van der Waals surface area contributed by atoms with Crippen molar-refractivity contribution in [2.45, 2.75) is 50.9 Å². The van der Waals surface area contributed by atoms with E-state index in [1.54, 1.807) is 44.3 Å². The van der Waals surface area contributed by atoms with Gasteiger partial charge in [-0.25, -0.2) is 4.39 Å². The first-order valence-electron chi connectivity index (χ1n) is 15.0. The number of fused-ring (bicyclic) bond motifs is 1. The van der Waals surface area contributed by atoms with Crippen LogP contribution in [-0.2, 0) is 22.4 Å². The minimum absolute atomic E-state index is 0.00437. The predicted octanol–water partition coefficient (Wildman–Crippen LogP) is 4.25. The van der Waals surface area contributed by atoms with Gasteiger partial charge >= 0.3 is 0 Å². The summed E-state index contributed by atoms with van der Waals surface area (Å²) >= 11 is 0. The molecule has 0 spiro atoms. The highest BCUT2D eigenvalue weighted by molar-refractivity contribution is 5.98. The molecule has 4 rings (SSSR count). The van der Waals surface area contributed by atoms with Crippen LogP contribution in [0.2, 0.25) is 0 Å². The first-order valence-corrected chi connectivity index (χ1v) is 15.0. The minimum Gasteiger partial charge on any atom is -0.392 e. The second-order valence-electron chi connectivity index (χ2n) is 11.6. The molecule has 4 aromatic carbocycles. The Morgan fingerprint density at radius 2 is 1.44 bits per heavy atom. The van der Waals surface area contributed by atoms with Crippen molar-refractivity contribution in [2.24, 2.45) is 5.73 Å². The summed E-state index contributed by atoms with van der Waals surface area (Å²) in [5.41, 5.74) is 8.75. The van der Waals surface area contributed by atoms with Crippen molar-refractivity contribution in [3.8, 4) is 0 Å². The molecule has 0 aromatic heterocycles. The van der Waals surface area contributed by atoms with Gasteiger partial charge in [0.15, 0.2) is 0 Å². The maximum absolute atomic E-state index is 14.4. The fourth-order valence-electron chi connectivity index (χ4n) is 5.28. The molecule has 9 heteroatoms. The molecule has 0 aliphatic heterocycles. The average Bonchev–Trinajstić information content (AvgIpc) is 3.04. The predicted molar refractivity (Wildman–Crippen MR) is 174 cm³/mol. The van der Waals surface area contributed by atoms with Crippen LogP contribution in [0.5, 0.6) is 0 Å². The van der Waals surface area contributed by atoms with Gasteiger partial charge in [0.1, 0.15) is 17.9 Å². The maximum Gasteiger partial charge on any atom is 0.254 e. The number of aliphatic hydroxyl groups excluding tert-OH is 1. The van der Waals surface area contributed by atoms with Gasteiger partial charge in [0.05, 0.1) is 6.10 Å². The summed E-state index contributed by atoms with van der Waals surface area (Å²) in [4.78, 5) is 44.5. The van der Waals surface area contributed by atoms with Crippen molar-refractivity contribution in [2.75, 3.05) is 20.6 Å². The van der Waals surface area contributed by atoms with Crippen LogP contribution in [0.4, 0.5) is 4.39 Å². The highest BCUT2D eigenvalue weighted by Gasteiger charge is 2.35. The minimum atomic E-state index is -0.995. The number of hydrogen-bond acceptors (Lipinski definition) is 5. The third-order valence-electron chi connectivity index (χ3n) is 8.01. The number of nitrogens with two attached hydrogens (primary N) is 1. The number of rotatable bonds is 12. The number of nitrogens with zero attached hydrogens (tertiary/aromatic N) is 2. The van der Waals surface area contributed by atoms with Gasteiger partial charge in [0.2, 0.25) is 11.8 Å². The van der Waals surface area contributed by atoms with E-state index < -0.39 is 35.8 Å². The number of nitrogens with one attached hydrogen (secondary N) is 1. The molecule has 4 N–H and O–H groups in total. The zero-order valence-electron chi connectivity index (χ0n) is 26.1. The Morgan fingerprint density at radius 3 is 2.11 bits per heavy atom. The largest absolute Gasteiger partial charge is 0.392 e. The first kappa shape index (κ1) is 33.3. The van der Waals surface area contributed by atoms with Gasteiger partial charge in [-0.3, -0.25) is 14.4 Å². The van der Waals surface area contributed by atoms with Crippen LogP contribution < -0.4 is 11.1 Å². The quantitative estimate of drug-likeness (QED) is 0.221. The molecule has 0 fully saturated rings. The summed E-state index contributed by atoms with van der Waals surface area (Å²) in [7, 11) is 3.11. The lowest BCUT2D eigenvalue weighted by Gasteiger charge is -2.35. The molecule has 0 saturated heterocycles. The van der Waals surface area contributed by atoms with Gasteiger partial charge in [-0.15, -0.1) is 0 Å². The number of aliphatic hydroxyl groups is 1. The molecule has 0 saturated carbocycles. The normalized spacial score (nSPS) is 13.8. The molecule has 4 aromatic rings. The van der Waals surface area contributed by atoms with E-state index in [1.807, 2.05) is 55.5 Å². The molecule has 0 heterocycles. The number of halogens is 1. The Hall–Kier alpha value is -4.60. The van der Waals surface area contributed by atoms with Crippen molar-refractivity contribution < 1.29 is 23.9 Å². The summed E-state index contributed by atoms with van der Waals surface area (Å²) < 4.78 is 13.6. The summed E-state index contributed by atoms with van der Waals surface area (Å²) in [6, 6.07) is 24.3. The van der Waals surface area contributed by atoms with Gasteiger partial charge in [-0.2, -0.15) is 0 Å². The Bertz CT molecular complexity index is 1640. The van der Waals surface area contributed by atoms with E-state index >= 15 is 0 Å². The zero-order chi connectivity index (χ0) is 32.7. The zero-order valence-corrected chi connectivity index (χ0v) is 26.1. The molecule has 0 aliphatic carbocycles. The maximum atomic E-state index is 14.4. The lowest BCUT2D eigenvalue weighted by Crippen LogP contribution is -2.56. The Labute approximate surface area is 263 Å². The smallest absolute Gasteiger partial charge is 0.254 e. The average molecular weight is 613 g/mol. The van der Waals surface area contributed by atoms with Crippen LogP contribution in [0.3, 0.4) is 0 Å². The van der Waals surface area contributed by atoms with Gasteiger partial charge in [-0.1, -0.05) is 66.7 Å². The monoisotopic (exact) mass is 612 g/mol. The van der Waals surface area contributed by atoms with E-state index in [9.17, 15) is 23.9 Å². The number of carbonyl (C=O) groups excluding carboxylic acids is 3. The van der Waals surface area contributed by atoms with E-state index in [0.717, 1.165) is 21.9 Å². The highest BCUT2D eigenvalue weighted by Crippen LogP contribution is 2.22. The fourth-order valence-corrected chi connectivity index (χ4v) is 5.28. The highest BCUT2D eigenvalue weighted by atomic mass is 19.1. The fraction of sp³-hybridized carbons (Fsp3) is 0.306. The van der Waals surface area contributed by atoms with E-state index in [-0.39, 0.29) is 31.3 Å². The Balaban J connectivity index is 1.71. The second kappa shape index (κ2) is 14.9. The van der Waals surface area contributed by atoms with E-state index in [1.165, 1.54) is 29.0 Å². The third kappa shape index (κ3) is 8.53. The van der Waals surface area contributed by atoms with Crippen molar-refractivity contribution in [1.82, 2.24) is 15.1 Å². The number of hydrogen-bond donors (Lipinski definition) is 3. The summed E-state index contributed by atoms with van der Waals surface area (Å²) in [6.07, 6.45) is -0.495. The molecule has 8 nitrogen and oxygen atoms in total. The topological polar surface area (TPSA) is 116 Å². The number of carbonyl (C=O) groups is 3. The van der Waals surface area contributed by atoms with E-state index in [2.05, 4.69) is 5.32 Å². The molecular formula is C36H41FN4O4. The number of benzene rings is 4. The van der Waals surface area contributed by atoms with Crippen LogP contribution in [0.1, 0.15) is 46.9 Å². The van der Waals surface area contributed by atoms with Gasteiger partial charge < -0.3 is 26.0 Å². The molecular weight excluding hydrogens is 571 g/mol. The molecule has 236 valence electrons. The van der Waals surface area contributed by atoms with E-state index in [4.69, 9.17) is 5.73 Å². The molecule has 3 amide bonds. The van der Waals surface area contributed by atoms with Crippen molar-refractivity contribution in [3.63, 3.8) is 0 Å². The number of likely N-dealkylation sites (N-methyl/N-ethyl adjacent to an activating group) is 2. The molecule has 0 bridgehead atoms. The first-order chi connectivity index (χ1) is 21.4. The Kier molecular flexibility index (Phi) is 11.0. The van der Waals surface area contributed by atoms with E-state index in [0.29, 0.717) is 11.1 Å². The SMILES string of the molecule is CC(N)c1cccc(C(=O)N(C)[C@H](Cc2ccc3ccccc3c2)C(=O)N(C)[C@H](Cc2ccc(F)cc2)C(=O)NC[C@@H](C)O)c1. The Morgan fingerprint density at radius 1 is 0.800 bits per heavy atom. The third-order valence-corrected chi connectivity index (χ3v) is 8.01. The van der Waals surface area contributed by atoms with Crippen molar-refractivity contribution in [3.05, 3.63) is 119 Å². The number of amides is 3. The van der Waals surface area contributed by atoms with Gasteiger partial charge in [-0.05, 0) is 65.6 Å². The van der Waals surface area contributed by atoms with Crippen LogP contribution in [-0.4, -0.2) is 71.5 Å². The summed E-state index contributed by atoms with van der Waals surface area (Å²) in [5.74, 6) is -1.69. The van der Waals surface area contributed by atoms with Crippen molar-refractivity contribution in [1.29, 1.82) is 0 Å². The molecule has 0 aliphatic rings. The van der Waals surface area contributed by atoms with Crippen LogP contribution >= 0.6 is 0 Å². The van der Waals surface area contributed by atoms with Gasteiger partial charge in [0.25, 0.3) is 5.91 Å². The molecule has 45 heavy (non-hydrogen) atoms. The van der Waals surface area contributed by atoms with Crippen LogP contribution in [0.15, 0.2) is 91.0 Å².